The Morgan fingerprint density at radius 1 is 0.381 bits per heavy atom. The first-order valence-electron chi connectivity index (χ1n) is 14.4. The maximum atomic E-state index is 2.40. The molecule has 0 bridgehead atoms. The van der Waals surface area contributed by atoms with Gasteiger partial charge in [-0.2, -0.15) is 0 Å². The molecule has 0 unspecified atom stereocenters. The number of aromatic nitrogens is 1. The quantitative estimate of drug-likeness (QED) is 0.212. The Bertz CT molecular complexity index is 2080. The van der Waals surface area contributed by atoms with E-state index in [0.29, 0.717) is 0 Å². The molecular formula is C40H28N2. The first-order valence-corrected chi connectivity index (χ1v) is 14.4. The molecule has 8 rings (SSSR count). The molecule has 0 atom stereocenters. The largest absolute Gasteiger partial charge is 0.311 e. The summed E-state index contributed by atoms with van der Waals surface area (Å²) in [5.41, 5.74) is 9.42. The van der Waals surface area contributed by atoms with Crippen LogP contribution in [-0.2, 0) is 0 Å². The van der Waals surface area contributed by atoms with Crippen LogP contribution in [0.4, 0.5) is 17.1 Å². The maximum absolute atomic E-state index is 2.40. The van der Waals surface area contributed by atoms with Crippen molar-refractivity contribution in [1.29, 1.82) is 0 Å². The monoisotopic (exact) mass is 536 g/mol. The van der Waals surface area contributed by atoms with E-state index < -0.39 is 0 Å². The van der Waals surface area contributed by atoms with Gasteiger partial charge < -0.3 is 9.47 Å². The van der Waals surface area contributed by atoms with E-state index in [1.54, 1.807) is 0 Å². The molecule has 2 heteroatoms. The highest BCUT2D eigenvalue weighted by Gasteiger charge is 2.16. The van der Waals surface area contributed by atoms with Gasteiger partial charge in [0.1, 0.15) is 0 Å². The summed E-state index contributed by atoms with van der Waals surface area (Å²) in [7, 11) is 0. The van der Waals surface area contributed by atoms with Crippen LogP contribution in [0.25, 0.3) is 49.4 Å². The van der Waals surface area contributed by atoms with Crippen LogP contribution in [0, 0.1) is 0 Å². The smallest absolute Gasteiger partial charge is 0.0541 e. The van der Waals surface area contributed by atoms with Crippen LogP contribution in [-0.4, -0.2) is 4.57 Å². The number of hydrogen-bond acceptors (Lipinski definition) is 1. The van der Waals surface area contributed by atoms with Gasteiger partial charge in [0.15, 0.2) is 0 Å². The zero-order valence-electron chi connectivity index (χ0n) is 23.1. The van der Waals surface area contributed by atoms with Crippen LogP contribution in [0.15, 0.2) is 170 Å². The van der Waals surface area contributed by atoms with Crippen molar-refractivity contribution in [3.63, 3.8) is 0 Å². The number of benzene rings is 7. The molecule has 1 heterocycles. The fourth-order valence-corrected chi connectivity index (χ4v) is 6.25. The van der Waals surface area contributed by atoms with Crippen LogP contribution in [0.1, 0.15) is 0 Å². The summed E-state index contributed by atoms with van der Waals surface area (Å²) in [5.74, 6) is 0. The van der Waals surface area contributed by atoms with E-state index in [4.69, 9.17) is 0 Å². The van der Waals surface area contributed by atoms with E-state index in [0.717, 1.165) is 17.1 Å². The SMILES string of the molecule is c1ccc(N(c2ccccc2)c2ccc(-c3cc(-n4c5ccccc5c5ccccc54)cc4ccccc34)cc2)cc1. The first kappa shape index (κ1) is 24.2. The molecule has 0 radical (unpaired) electrons. The molecule has 0 fully saturated rings. The zero-order valence-corrected chi connectivity index (χ0v) is 23.1. The standard InChI is InChI=1S/C40H28N2/c1-3-14-31(15-4-1)41(32-16-5-2-6-17-32)33-25-23-29(24-26-33)38-28-34(27-30-13-7-8-18-35(30)38)42-39-21-11-9-19-36(39)37-20-10-12-22-40(37)42/h1-28H. The predicted octanol–water partition coefficient (Wildman–Crippen LogP) is 11.1. The zero-order chi connectivity index (χ0) is 27.9. The van der Waals surface area contributed by atoms with Gasteiger partial charge in [-0.3, -0.25) is 0 Å². The molecule has 1 aromatic heterocycles. The lowest BCUT2D eigenvalue weighted by atomic mass is 9.97. The van der Waals surface area contributed by atoms with Gasteiger partial charge in [-0.25, -0.2) is 0 Å². The number of nitrogens with zero attached hydrogens (tertiary/aromatic N) is 2. The fourth-order valence-electron chi connectivity index (χ4n) is 6.25. The van der Waals surface area contributed by atoms with Crippen molar-refractivity contribution in [2.75, 3.05) is 4.90 Å². The Kier molecular flexibility index (Phi) is 5.82. The van der Waals surface area contributed by atoms with E-state index in [2.05, 4.69) is 179 Å². The number of anilines is 3. The van der Waals surface area contributed by atoms with Crippen LogP contribution < -0.4 is 4.90 Å². The van der Waals surface area contributed by atoms with Crippen LogP contribution in [0.3, 0.4) is 0 Å². The van der Waals surface area contributed by atoms with Gasteiger partial charge >= 0.3 is 0 Å². The molecule has 0 saturated heterocycles. The van der Waals surface area contributed by atoms with E-state index in [1.807, 2.05) is 0 Å². The summed E-state index contributed by atoms with van der Waals surface area (Å²) < 4.78 is 2.40. The van der Waals surface area contributed by atoms with Crippen LogP contribution in [0.2, 0.25) is 0 Å². The van der Waals surface area contributed by atoms with Gasteiger partial charge in [0.2, 0.25) is 0 Å². The van der Waals surface area contributed by atoms with Crippen molar-refractivity contribution in [2.24, 2.45) is 0 Å². The second-order valence-electron chi connectivity index (χ2n) is 10.6. The van der Waals surface area contributed by atoms with Crippen molar-refractivity contribution >= 4 is 49.6 Å². The third-order valence-corrected chi connectivity index (χ3v) is 8.15. The Morgan fingerprint density at radius 2 is 0.857 bits per heavy atom. The predicted molar refractivity (Wildman–Crippen MR) is 178 cm³/mol. The molecule has 0 spiro atoms. The molecule has 0 aliphatic heterocycles. The van der Waals surface area contributed by atoms with Crippen LogP contribution >= 0.6 is 0 Å². The molecule has 0 aliphatic rings. The number of para-hydroxylation sites is 4. The summed E-state index contributed by atoms with van der Waals surface area (Å²) in [6, 6.07) is 60.9. The Morgan fingerprint density at radius 3 is 1.45 bits per heavy atom. The Hall–Kier alpha value is -5.60. The van der Waals surface area contributed by atoms with Crippen molar-refractivity contribution in [2.45, 2.75) is 0 Å². The highest BCUT2D eigenvalue weighted by molar-refractivity contribution is 6.10. The minimum atomic E-state index is 1.12. The van der Waals surface area contributed by atoms with Gasteiger partial charge in [-0.05, 0) is 82.6 Å². The fraction of sp³-hybridized carbons (Fsp3) is 0. The second kappa shape index (κ2) is 10.1. The van der Waals surface area contributed by atoms with Crippen molar-refractivity contribution in [1.82, 2.24) is 4.57 Å². The summed E-state index contributed by atoms with van der Waals surface area (Å²) in [6.07, 6.45) is 0. The molecular weight excluding hydrogens is 508 g/mol. The normalized spacial score (nSPS) is 11.3. The summed E-state index contributed by atoms with van der Waals surface area (Å²) in [5, 5.41) is 5.02. The van der Waals surface area contributed by atoms with Gasteiger partial charge in [-0.1, -0.05) is 109 Å². The Balaban J connectivity index is 1.30. The number of fused-ring (bicyclic) bond motifs is 4. The van der Waals surface area contributed by atoms with Crippen LogP contribution in [0.5, 0.6) is 0 Å². The third-order valence-electron chi connectivity index (χ3n) is 8.15. The maximum Gasteiger partial charge on any atom is 0.0541 e. The molecule has 42 heavy (non-hydrogen) atoms. The van der Waals surface area contributed by atoms with Gasteiger partial charge in [-0.15, -0.1) is 0 Å². The minimum absolute atomic E-state index is 1.12. The molecule has 7 aromatic carbocycles. The van der Waals surface area contributed by atoms with Gasteiger partial charge in [0, 0.05) is 33.5 Å². The lowest BCUT2D eigenvalue weighted by molar-refractivity contribution is 1.19. The highest BCUT2D eigenvalue weighted by Crippen LogP contribution is 2.39. The van der Waals surface area contributed by atoms with Crippen molar-refractivity contribution in [3.05, 3.63) is 170 Å². The molecule has 0 N–H and O–H groups in total. The number of rotatable bonds is 5. The molecule has 8 aromatic rings. The van der Waals surface area contributed by atoms with Crippen molar-refractivity contribution in [3.8, 4) is 16.8 Å². The topological polar surface area (TPSA) is 8.17 Å². The second-order valence-corrected chi connectivity index (χ2v) is 10.6. The average Bonchev–Trinajstić information content (AvgIpc) is 3.40. The van der Waals surface area contributed by atoms with E-state index in [9.17, 15) is 0 Å². The lowest BCUT2D eigenvalue weighted by Crippen LogP contribution is -2.09. The number of hydrogen-bond donors (Lipinski definition) is 0. The van der Waals surface area contributed by atoms with Crippen molar-refractivity contribution < 1.29 is 0 Å². The molecule has 0 aliphatic carbocycles. The average molecular weight is 537 g/mol. The molecule has 0 saturated carbocycles. The molecule has 198 valence electrons. The summed E-state index contributed by atoms with van der Waals surface area (Å²) in [4.78, 5) is 2.30. The Labute approximate surface area is 245 Å². The molecule has 0 amide bonds. The first-order chi connectivity index (χ1) is 20.8. The third kappa shape index (κ3) is 4.05. The lowest BCUT2D eigenvalue weighted by Gasteiger charge is -2.25. The van der Waals surface area contributed by atoms with E-state index >= 15 is 0 Å². The van der Waals surface area contributed by atoms with E-state index in [-0.39, 0.29) is 0 Å². The summed E-state index contributed by atoms with van der Waals surface area (Å²) >= 11 is 0. The van der Waals surface area contributed by atoms with Gasteiger partial charge in [0.05, 0.1) is 11.0 Å². The van der Waals surface area contributed by atoms with Gasteiger partial charge in [0.25, 0.3) is 0 Å². The highest BCUT2D eigenvalue weighted by atomic mass is 15.1. The van der Waals surface area contributed by atoms with E-state index in [1.165, 1.54) is 49.4 Å². The summed E-state index contributed by atoms with van der Waals surface area (Å²) in [6.45, 7) is 0. The molecule has 2 nitrogen and oxygen atoms in total. The minimum Gasteiger partial charge on any atom is -0.311 e.